The molecular formula is C25H21Cl3N4O2S. The van der Waals surface area contributed by atoms with E-state index in [1.165, 1.54) is 0 Å². The fourth-order valence-electron chi connectivity index (χ4n) is 3.79. The molecule has 0 saturated carbocycles. The van der Waals surface area contributed by atoms with Crippen LogP contribution in [0.25, 0.3) is 23.2 Å². The molecule has 0 radical (unpaired) electrons. The van der Waals surface area contributed by atoms with Gasteiger partial charge in [-0.05, 0) is 92.7 Å². The van der Waals surface area contributed by atoms with Crippen molar-refractivity contribution < 1.29 is 9.90 Å². The number of aliphatic carboxylic acids is 1. The molecule has 2 heterocycles. The molecule has 0 unspecified atom stereocenters. The van der Waals surface area contributed by atoms with Gasteiger partial charge in [-0.15, -0.1) is 10.2 Å². The lowest BCUT2D eigenvalue weighted by atomic mass is 10.2. The number of halogens is 3. The SMILES string of the molecule is CCn1c(S/C(=C\c2cc(C)n(-c3ccc(Cl)c(Cl)c3)c2C)C(=O)O)nnc1-c1ccc(Cl)cc1. The second-order valence-electron chi connectivity index (χ2n) is 7.73. The number of carboxylic acids is 1. The second kappa shape index (κ2) is 10.5. The Morgan fingerprint density at radius 2 is 1.74 bits per heavy atom. The van der Waals surface area contributed by atoms with Crippen LogP contribution in [0.1, 0.15) is 23.9 Å². The lowest BCUT2D eigenvalue weighted by molar-refractivity contribution is -0.131. The molecule has 0 amide bonds. The van der Waals surface area contributed by atoms with Gasteiger partial charge in [0, 0.05) is 34.2 Å². The lowest BCUT2D eigenvalue weighted by Gasteiger charge is -2.11. The monoisotopic (exact) mass is 546 g/mol. The summed E-state index contributed by atoms with van der Waals surface area (Å²) in [5.41, 5.74) is 4.28. The van der Waals surface area contributed by atoms with Crippen LogP contribution in [-0.2, 0) is 11.3 Å². The first-order valence-corrected chi connectivity index (χ1v) is 12.6. The minimum Gasteiger partial charge on any atom is -0.477 e. The summed E-state index contributed by atoms with van der Waals surface area (Å²) in [7, 11) is 0. The van der Waals surface area contributed by atoms with Crippen LogP contribution in [0.4, 0.5) is 0 Å². The zero-order chi connectivity index (χ0) is 25.3. The van der Waals surface area contributed by atoms with E-state index in [0.717, 1.165) is 40.0 Å². The number of carbonyl (C=O) groups is 1. The van der Waals surface area contributed by atoms with Crippen LogP contribution in [0.15, 0.2) is 58.6 Å². The van der Waals surface area contributed by atoms with Gasteiger partial charge < -0.3 is 14.2 Å². The van der Waals surface area contributed by atoms with Gasteiger partial charge in [0.25, 0.3) is 0 Å². The molecule has 0 aliphatic heterocycles. The van der Waals surface area contributed by atoms with Gasteiger partial charge in [-0.3, -0.25) is 0 Å². The summed E-state index contributed by atoms with van der Waals surface area (Å²) in [6.07, 6.45) is 1.65. The first-order valence-electron chi connectivity index (χ1n) is 10.7. The highest BCUT2D eigenvalue weighted by atomic mass is 35.5. The minimum atomic E-state index is -1.05. The zero-order valence-corrected chi connectivity index (χ0v) is 22.2. The van der Waals surface area contributed by atoms with E-state index < -0.39 is 5.97 Å². The van der Waals surface area contributed by atoms with Gasteiger partial charge in [0.1, 0.15) is 4.91 Å². The van der Waals surface area contributed by atoms with Crippen LogP contribution in [0, 0.1) is 13.8 Å². The Bertz CT molecular complexity index is 1440. The summed E-state index contributed by atoms with van der Waals surface area (Å²) < 4.78 is 3.88. The van der Waals surface area contributed by atoms with Crippen molar-refractivity contribution >= 4 is 58.6 Å². The topological polar surface area (TPSA) is 72.9 Å². The van der Waals surface area contributed by atoms with Gasteiger partial charge in [-0.1, -0.05) is 34.8 Å². The predicted octanol–water partition coefficient (Wildman–Crippen LogP) is 7.55. The Morgan fingerprint density at radius 3 is 2.37 bits per heavy atom. The Morgan fingerprint density at radius 1 is 1.03 bits per heavy atom. The van der Waals surface area contributed by atoms with Crippen LogP contribution in [0.5, 0.6) is 0 Å². The summed E-state index contributed by atoms with van der Waals surface area (Å²) >= 11 is 19.3. The summed E-state index contributed by atoms with van der Waals surface area (Å²) in [5, 5.41) is 20.6. The van der Waals surface area contributed by atoms with E-state index in [4.69, 9.17) is 34.8 Å². The second-order valence-corrected chi connectivity index (χ2v) is 9.99. The standard InChI is InChI=1S/C25H21Cl3N4O2S/c1-4-31-23(16-5-7-18(26)8-6-16)29-30-25(31)35-22(24(33)34)12-17-11-14(2)32(15(17)3)19-9-10-20(27)21(28)13-19/h5-13H,4H2,1-3H3,(H,33,34)/b22-12-. The molecule has 2 aromatic carbocycles. The number of aromatic nitrogens is 4. The Labute approximate surface area is 222 Å². The normalized spacial score (nSPS) is 11.8. The van der Waals surface area contributed by atoms with Crippen LogP contribution in [-0.4, -0.2) is 30.4 Å². The van der Waals surface area contributed by atoms with Crippen molar-refractivity contribution in [3.05, 3.63) is 85.5 Å². The first kappa shape index (κ1) is 25.4. The van der Waals surface area contributed by atoms with Gasteiger partial charge >= 0.3 is 5.97 Å². The van der Waals surface area contributed by atoms with Crippen LogP contribution < -0.4 is 0 Å². The van der Waals surface area contributed by atoms with Crippen molar-refractivity contribution in [1.82, 2.24) is 19.3 Å². The van der Waals surface area contributed by atoms with Crippen molar-refractivity contribution in [2.75, 3.05) is 0 Å². The third kappa shape index (κ3) is 5.28. The molecule has 180 valence electrons. The molecule has 1 N–H and O–H groups in total. The van der Waals surface area contributed by atoms with Gasteiger partial charge in [0.2, 0.25) is 0 Å². The molecule has 6 nitrogen and oxygen atoms in total. The molecule has 0 fully saturated rings. The maximum Gasteiger partial charge on any atom is 0.342 e. The number of benzene rings is 2. The van der Waals surface area contributed by atoms with E-state index in [-0.39, 0.29) is 4.91 Å². The predicted molar refractivity (Wildman–Crippen MR) is 143 cm³/mol. The number of hydrogen-bond acceptors (Lipinski definition) is 4. The summed E-state index contributed by atoms with van der Waals surface area (Å²) in [6, 6.07) is 14.6. The Hall–Kier alpha value is -2.71. The van der Waals surface area contributed by atoms with Crippen LogP contribution in [0.3, 0.4) is 0 Å². The first-order chi connectivity index (χ1) is 16.7. The van der Waals surface area contributed by atoms with E-state index >= 15 is 0 Å². The number of rotatable bonds is 7. The molecule has 0 atom stereocenters. The molecule has 2 aromatic heterocycles. The highest BCUT2D eigenvalue weighted by Gasteiger charge is 2.20. The van der Waals surface area contributed by atoms with Gasteiger partial charge in [0.05, 0.1) is 10.0 Å². The zero-order valence-electron chi connectivity index (χ0n) is 19.1. The van der Waals surface area contributed by atoms with Crippen molar-refractivity contribution in [3.63, 3.8) is 0 Å². The van der Waals surface area contributed by atoms with Crippen molar-refractivity contribution in [1.29, 1.82) is 0 Å². The quantitative estimate of drug-likeness (QED) is 0.191. The third-order valence-electron chi connectivity index (χ3n) is 5.47. The Kier molecular flexibility index (Phi) is 7.62. The number of nitrogens with zero attached hydrogens (tertiary/aromatic N) is 4. The molecule has 0 aliphatic carbocycles. The maximum atomic E-state index is 12.2. The van der Waals surface area contributed by atoms with E-state index in [0.29, 0.717) is 32.6 Å². The molecule has 35 heavy (non-hydrogen) atoms. The van der Waals surface area contributed by atoms with Gasteiger partial charge in [0.15, 0.2) is 11.0 Å². The average molecular weight is 548 g/mol. The summed E-state index contributed by atoms with van der Waals surface area (Å²) in [4.78, 5) is 12.3. The molecule has 0 bridgehead atoms. The van der Waals surface area contributed by atoms with Crippen LogP contribution >= 0.6 is 46.6 Å². The van der Waals surface area contributed by atoms with E-state index in [9.17, 15) is 9.90 Å². The van der Waals surface area contributed by atoms with E-state index in [1.54, 1.807) is 30.3 Å². The fourth-order valence-corrected chi connectivity index (χ4v) is 5.09. The molecule has 4 rings (SSSR count). The average Bonchev–Trinajstić information content (AvgIpc) is 3.35. The number of thioether (sulfide) groups is 1. The fraction of sp³-hybridized carbons (Fsp3) is 0.160. The third-order valence-corrected chi connectivity index (χ3v) is 7.45. The number of aryl methyl sites for hydroxylation is 1. The smallest absolute Gasteiger partial charge is 0.342 e. The van der Waals surface area contributed by atoms with Gasteiger partial charge in [-0.2, -0.15) is 0 Å². The Balaban J connectivity index is 1.71. The van der Waals surface area contributed by atoms with E-state index in [1.807, 2.05) is 54.2 Å². The molecule has 0 saturated heterocycles. The van der Waals surface area contributed by atoms with Gasteiger partial charge in [-0.25, -0.2) is 4.79 Å². The van der Waals surface area contributed by atoms with Crippen molar-refractivity contribution in [2.45, 2.75) is 32.5 Å². The molecule has 10 heteroatoms. The lowest BCUT2D eigenvalue weighted by Crippen LogP contribution is -2.03. The molecule has 0 spiro atoms. The van der Waals surface area contributed by atoms with Crippen molar-refractivity contribution in [3.8, 4) is 17.1 Å². The maximum absolute atomic E-state index is 12.2. The summed E-state index contributed by atoms with van der Waals surface area (Å²) in [6.45, 7) is 6.42. The highest BCUT2D eigenvalue weighted by molar-refractivity contribution is 8.04. The molecule has 0 aliphatic rings. The van der Waals surface area contributed by atoms with Crippen molar-refractivity contribution in [2.24, 2.45) is 0 Å². The van der Waals surface area contributed by atoms with Crippen LogP contribution in [0.2, 0.25) is 15.1 Å². The molecule has 4 aromatic rings. The largest absolute Gasteiger partial charge is 0.477 e. The molecular weight excluding hydrogens is 527 g/mol. The number of hydrogen-bond donors (Lipinski definition) is 1. The minimum absolute atomic E-state index is 0.129. The highest BCUT2D eigenvalue weighted by Crippen LogP contribution is 2.33. The number of carboxylic acid groups (broad SMARTS) is 1. The summed E-state index contributed by atoms with van der Waals surface area (Å²) in [5.74, 6) is -0.401. The van der Waals surface area contributed by atoms with E-state index in [2.05, 4.69) is 10.2 Å².